The van der Waals surface area contributed by atoms with Crippen LogP contribution in [-0.4, -0.2) is 31.1 Å². The number of benzene rings is 1. The molecule has 1 rings (SSSR count). The van der Waals surface area contributed by atoms with Crippen molar-refractivity contribution in [3.63, 3.8) is 0 Å². The lowest BCUT2D eigenvalue weighted by molar-refractivity contribution is 0.280. The molecular formula is C14H22ClNO3S2. The number of rotatable bonds is 8. The van der Waals surface area contributed by atoms with Crippen molar-refractivity contribution in [3.8, 4) is 0 Å². The van der Waals surface area contributed by atoms with E-state index in [0.717, 1.165) is 17.9 Å². The Hall–Kier alpha value is -0.270. The summed E-state index contributed by atoms with van der Waals surface area (Å²) in [7, 11) is -3.64. The smallest absolute Gasteiger partial charge is 0.241 e. The Morgan fingerprint density at radius 3 is 2.67 bits per heavy atom. The summed E-state index contributed by atoms with van der Waals surface area (Å²) in [6.45, 7) is 5.36. The molecule has 0 saturated heterocycles. The van der Waals surface area contributed by atoms with Gasteiger partial charge in [-0.15, -0.1) is 0 Å². The molecule has 2 N–H and O–H groups in total. The molecule has 0 amide bonds. The van der Waals surface area contributed by atoms with Gasteiger partial charge in [-0.3, -0.25) is 0 Å². The first-order valence-corrected chi connectivity index (χ1v) is 9.83. The van der Waals surface area contributed by atoms with Crippen LogP contribution in [0.1, 0.15) is 31.4 Å². The van der Waals surface area contributed by atoms with Gasteiger partial charge in [-0.1, -0.05) is 18.5 Å². The highest BCUT2D eigenvalue weighted by molar-refractivity contribution is 7.99. The third-order valence-corrected chi connectivity index (χ3v) is 6.01. The molecule has 0 aliphatic carbocycles. The minimum absolute atomic E-state index is 0.133. The molecule has 1 aromatic rings. The van der Waals surface area contributed by atoms with Crippen molar-refractivity contribution < 1.29 is 13.5 Å². The van der Waals surface area contributed by atoms with E-state index < -0.39 is 10.0 Å². The third kappa shape index (κ3) is 5.45. The van der Waals surface area contributed by atoms with Crippen LogP contribution in [0.4, 0.5) is 0 Å². The highest BCUT2D eigenvalue weighted by Gasteiger charge is 2.21. The van der Waals surface area contributed by atoms with E-state index in [-0.39, 0.29) is 17.5 Å². The Kier molecular flexibility index (Phi) is 7.50. The van der Waals surface area contributed by atoms with Gasteiger partial charge in [0.15, 0.2) is 0 Å². The molecule has 120 valence electrons. The standard InChI is InChI=1S/C14H22ClNO3S2/c1-4-20-6-5-10(2)16-21(18,19)14-8-13(15)7-12(9-17)11(14)3/h7-8,10,16-17H,4-6,9H2,1-3H3. The Morgan fingerprint density at radius 2 is 2.10 bits per heavy atom. The fourth-order valence-electron chi connectivity index (χ4n) is 1.94. The molecule has 21 heavy (non-hydrogen) atoms. The van der Waals surface area contributed by atoms with Crippen molar-refractivity contribution in [1.29, 1.82) is 0 Å². The zero-order valence-corrected chi connectivity index (χ0v) is 14.9. The monoisotopic (exact) mass is 351 g/mol. The van der Waals surface area contributed by atoms with E-state index in [1.54, 1.807) is 24.8 Å². The topological polar surface area (TPSA) is 66.4 Å². The summed E-state index contributed by atoms with van der Waals surface area (Å²) in [5, 5.41) is 9.59. The Bertz CT molecular complexity index is 576. The van der Waals surface area contributed by atoms with Gasteiger partial charge in [0.1, 0.15) is 0 Å². The van der Waals surface area contributed by atoms with Crippen LogP contribution in [0.25, 0.3) is 0 Å². The van der Waals surface area contributed by atoms with Crippen LogP contribution in [0.15, 0.2) is 17.0 Å². The first-order chi connectivity index (χ1) is 9.81. The molecule has 0 bridgehead atoms. The average Bonchev–Trinajstić information content (AvgIpc) is 2.40. The molecule has 1 unspecified atom stereocenters. The number of nitrogens with one attached hydrogen (secondary N) is 1. The van der Waals surface area contributed by atoms with Crippen LogP contribution in [0.2, 0.25) is 5.02 Å². The van der Waals surface area contributed by atoms with E-state index >= 15 is 0 Å². The van der Waals surface area contributed by atoms with E-state index in [0.29, 0.717) is 16.1 Å². The highest BCUT2D eigenvalue weighted by Crippen LogP contribution is 2.25. The fraction of sp³-hybridized carbons (Fsp3) is 0.571. The maximum absolute atomic E-state index is 12.5. The van der Waals surface area contributed by atoms with Gasteiger partial charge >= 0.3 is 0 Å². The lowest BCUT2D eigenvalue weighted by Crippen LogP contribution is -2.33. The van der Waals surface area contributed by atoms with E-state index in [2.05, 4.69) is 11.6 Å². The van der Waals surface area contributed by atoms with Gasteiger partial charge < -0.3 is 5.11 Å². The van der Waals surface area contributed by atoms with Gasteiger partial charge in [-0.05, 0) is 55.0 Å². The first kappa shape index (κ1) is 18.8. The summed E-state index contributed by atoms with van der Waals surface area (Å²) >= 11 is 7.72. The van der Waals surface area contributed by atoms with Gasteiger partial charge in [0, 0.05) is 11.1 Å². The van der Waals surface area contributed by atoms with E-state index in [1.807, 2.05) is 6.92 Å². The van der Waals surface area contributed by atoms with Gasteiger partial charge in [-0.25, -0.2) is 13.1 Å². The quantitative estimate of drug-likeness (QED) is 0.707. The Balaban J connectivity index is 2.95. The number of hydrogen-bond donors (Lipinski definition) is 2. The molecule has 7 heteroatoms. The largest absolute Gasteiger partial charge is 0.392 e. The lowest BCUT2D eigenvalue weighted by atomic mass is 10.1. The van der Waals surface area contributed by atoms with Crippen LogP contribution in [-0.2, 0) is 16.6 Å². The fourth-order valence-corrected chi connectivity index (χ4v) is 4.65. The van der Waals surface area contributed by atoms with Crippen molar-refractivity contribution >= 4 is 33.4 Å². The third-order valence-electron chi connectivity index (χ3n) is 3.15. The molecule has 0 fully saturated rings. The molecular weight excluding hydrogens is 330 g/mol. The summed E-state index contributed by atoms with van der Waals surface area (Å²) in [5.74, 6) is 1.93. The minimum Gasteiger partial charge on any atom is -0.392 e. The number of aliphatic hydroxyl groups is 1. The maximum Gasteiger partial charge on any atom is 0.241 e. The van der Waals surface area contributed by atoms with Crippen molar-refractivity contribution in [1.82, 2.24) is 4.72 Å². The SMILES string of the molecule is CCSCCC(C)NS(=O)(=O)c1cc(Cl)cc(CO)c1C. The second kappa shape index (κ2) is 8.39. The summed E-state index contributed by atoms with van der Waals surface area (Å²) in [4.78, 5) is 0.133. The number of halogens is 1. The van der Waals surface area contributed by atoms with Crippen LogP contribution >= 0.6 is 23.4 Å². The number of thioether (sulfide) groups is 1. The predicted octanol–water partition coefficient (Wildman–Crippen LogP) is 2.95. The highest BCUT2D eigenvalue weighted by atomic mass is 35.5. The zero-order chi connectivity index (χ0) is 16.0. The zero-order valence-electron chi connectivity index (χ0n) is 12.5. The molecule has 1 aromatic carbocycles. The van der Waals surface area contributed by atoms with E-state index in [1.165, 1.54) is 6.07 Å². The van der Waals surface area contributed by atoms with Gasteiger partial charge in [0.25, 0.3) is 0 Å². The van der Waals surface area contributed by atoms with Crippen LogP contribution in [0, 0.1) is 6.92 Å². The molecule has 0 spiro atoms. The van der Waals surface area contributed by atoms with Gasteiger partial charge in [0.05, 0.1) is 11.5 Å². The molecule has 0 heterocycles. The number of aliphatic hydroxyl groups excluding tert-OH is 1. The predicted molar refractivity (Wildman–Crippen MR) is 89.5 cm³/mol. The molecule has 0 radical (unpaired) electrons. The second-order valence-electron chi connectivity index (χ2n) is 4.85. The molecule has 4 nitrogen and oxygen atoms in total. The minimum atomic E-state index is -3.64. The summed E-state index contributed by atoms with van der Waals surface area (Å²) in [5.41, 5.74) is 1.06. The lowest BCUT2D eigenvalue weighted by Gasteiger charge is -2.16. The Labute approximate surface area is 136 Å². The molecule has 0 saturated carbocycles. The van der Waals surface area contributed by atoms with E-state index in [4.69, 9.17) is 11.6 Å². The van der Waals surface area contributed by atoms with Crippen molar-refractivity contribution in [2.24, 2.45) is 0 Å². The average molecular weight is 352 g/mol. The molecule has 1 atom stereocenters. The first-order valence-electron chi connectivity index (χ1n) is 6.81. The molecule has 0 aliphatic rings. The van der Waals surface area contributed by atoms with Crippen LogP contribution in [0.5, 0.6) is 0 Å². The van der Waals surface area contributed by atoms with Crippen molar-refractivity contribution in [3.05, 3.63) is 28.3 Å². The molecule has 0 aromatic heterocycles. The van der Waals surface area contributed by atoms with Gasteiger partial charge in [0.2, 0.25) is 10.0 Å². The van der Waals surface area contributed by atoms with Crippen molar-refractivity contribution in [2.45, 2.75) is 44.7 Å². The Morgan fingerprint density at radius 1 is 1.43 bits per heavy atom. The van der Waals surface area contributed by atoms with Gasteiger partial charge in [-0.2, -0.15) is 11.8 Å². The number of sulfonamides is 1. The summed E-state index contributed by atoms with van der Waals surface area (Å²) < 4.78 is 27.6. The summed E-state index contributed by atoms with van der Waals surface area (Å²) in [6.07, 6.45) is 0.768. The van der Waals surface area contributed by atoms with E-state index in [9.17, 15) is 13.5 Å². The second-order valence-corrected chi connectivity index (χ2v) is 8.37. The number of hydrogen-bond acceptors (Lipinski definition) is 4. The summed E-state index contributed by atoms with van der Waals surface area (Å²) in [6, 6.07) is 2.85. The van der Waals surface area contributed by atoms with Crippen LogP contribution < -0.4 is 4.72 Å². The van der Waals surface area contributed by atoms with Crippen molar-refractivity contribution in [2.75, 3.05) is 11.5 Å². The molecule has 0 aliphatic heterocycles. The van der Waals surface area contributed by atoms with Crippen LogP contribution in [0.3, 0.4) is 0 Å². The normalized spacial score (nSPS) is 13.4. The maximum atomic E-state index is 12.5.